The van der Waals surface area contributed by atoms with Gasteiger partial charge in [-0.25, -0.2) is 19.2 Å². The van der Waals surface area contributed by atoms with Gasteiger partial charge in [-0.1, -0.05) is 6.07 Å². The SMILES string of the molecule is CC(C)(CCC1CO1)OC(=O)c1ccc(C(=O)OC(C)(C)CCC2CO2)cc1.CC(C)(CCC1CO1)OC(=O)c1cccc(C(=O)OC(C)(C)CCC2CO2)c1. The van der Waals surface area contributed by atoms with E-state index in [0.29, 0.717) is 46.7 Å². The summed E-state index contributed by atoms with van der Waals surface area (Å²) in [6, 6.07) is 12.9. The second-order valence-corrected chi connectivity index (χ2v) is 17.7. The molecule has 4 aliphatic heterocycles. The average molecular weight is 781 g/mol. The molecule has 4 saturated heterocycles. The molecular formula is C44H60O12. The van der Waals surface area contributed by atoms with Crippen molar-refractivity contribution in [2.24, 2.45) is 0 Å². The minimum Gasteiger partial charge on any atom is -0.456 e. The normalized spacial score (nSPS) is 21.1. The number of esters is 4. The first kappa shape index (κ1) is 43.3. The fraction of sp³-hybridized carbons (Fsp3) is 0.636. The van der Waals surface area contributed by atoms with Crippen molar-refractivity contribution in [2.75, 3.05) is 26.4 Å². The maximum atomic E-state index is 12.5. The molecule has 0 N–H and O–H groups in total. The van der Waals surface area contributed by atoms with Crippen LogP contribution < -0.4 is 0 Å². The summed E-state index contributed by atoms with van der Waals surface area (Å²) in [5, 5.41) is 0. The molecule has 4 aliphatic rings. The Kier molecular flexibility index (Phi) is 14.0. The quantitative estimate of drug-likeness (QED) is 0.0731. The smallest absolute Gasteiger partial charge is 0.338 e. The largest absolute Gasteiger partial charge is 0.456 e. The van der Waals surface area contributed by atoms with Crippen molar-refractivity contribution in [3.05, 3.63) is 70.8 Å². The van der Waals surface area contributed by atoms with E-state index < -0.39 is 46.3 Å². The van der Waals surface area contributed by atoms with Gasteiger partial charge in [0.2, 0.25) is 0 Å². The molecule has 4 atom stereocenters. The highest BCUT2D eigenvalue weighted by Gasteiger charge is 2.33. The molecule has 12 nitrogen and oxygen atoms in total. The highest BCUT2D eigenvalue weighted by Crippen LogP contribution is 2.29. The fourth-order valence-electron chi connectivity index (χ4n) is 5.93. The van der Waals surface area contributed by atoms with Crippen molar-refractivity contribution in [2.45, 2.75) is 154 Å². The molecule has 0 bridgehead atoms. The molecule has 2 aromatic carbocycles. The zero-order valence-corrected chi connectivity index (χ0v) is 34.3. The third-order valence-corrected chi connectivity index (χ3v) is 10.0. The number of carbonyl (C=O) groups excluding carboxylic acids is 4. The summed E-state index contributed by atoms with van der Waals surface area (Å²) in [5.41, 5.74) is -0.788. The van der Waals surface area contributed by atoms with Crippen LogP contribution in [0.1, 0.15) is 148 Å². The number of hydrogen-bond acceptors (Lipinski definition) is 12. The lowest BCUT2D eigenvalue weighted by molar-refractivity contribution is -0.00758. The Balaban J connectivity index is 0.000000214. The lowest BCUT2D eigenvalue weighted by Gasteiger charge is -2.26. The first-order valence-electron chi connectivity index (χ1n) is 19.9. The summed E-state index contributed by atoms with van der Waals surface area (Å²) in [6.07, 6.45) is 7.66. The minimum absolute atomic E-state index is 0.297. The highest BCUT2D eigenvalue weighted by atomic mass is 16.6. The molecule has 4 unspecified atom stereocenters. The molecule has 6 rings (SSSR count). The monoisotopic (exact) mass is 780 g/mol. The first-order chi connectivity index (χ1) is 26.3. The van der Waals surface area contributed by atoms with Crippen molar-refractivity contribution in [3.8, 4) is 0 Å². The van der Waals surface area contributed by atoms with Crippen LogP contribution in [0.25, 0.3) is 0 Å². The molecule has 4 heterocycles. The van der Waals surface area contributed by atoms with Crippen LogP contribution in [0.5, 0.6) is 0 Å². The van der Waals surface area contributed by atoms with Gasteiger partial charge in [-0.05, 0) is 149 Å². The molecule has 0 saturated carbocycles. The van der Waals surface area contributed by atoms with E-state index in [9.17, 15) is 19.2 Å². The van der Waals surface area contributed by atoms with E-state index in [-0.39, 0.29) is 0 Å². The third kappa shape index (κ3) is 15.6. The number of ether oxygens (including phenoxy) is 8. The van der Waals surface area contributed by atoms with Crippen LogP contribution in [0.15, 0.2) is 48.5 Å². The summed E-state index contributed by atoms with van der Waals surface area (Å²) in [4.78, 5) is 49.9. The molecular weight excluding hydrogens is 720 g/mol. The second kappa shape index (κ2) is 18.2. The number of benzene rings is 2. The van der Waals surface area contributed by atoms with Gasteiger partial charge in [-0.15, -0.1) is 0 Å². The molecule has 2 aromatic rings. The van der Waals surface area contributed by atoms with Gasteiger partial charge in [0, 0.05) is 0 Å². The van der Waals surface area contributed by atoms with Crippen molar-refractivity contribution in [1.82, 2.24) is 0 Å². The lowest BCUT2D eigenvalue weighted by atomic mass is 10.0. The van der Waals surface area contributed by atoms with E-state index in [4.69, 9.17) is 37.9 Å². The van der Waals surface area contributed by atoms with Crippen LogP contribution in [0.3, 0.4) is 0 Å². The van der Waals surface area contributed by atoms with Gasteiger partial charge in [-0.2, -0.15) is 0 Å². The van der Waals surface area contributed by atoms with E-state index in [1.54, 1.807) is 42.5 Å². The van der Waals surface area contributed by atoms with E-state index in [0.717, 1.165) is 77.8 Å². The minimum atomic E-state index is -0.591. The summed E-state index contributed by atoms with van der Waals surface area (Å²) < 4.78 is 43.4. The van der Waals surface area contributed by atoms with Crippen molar-refractivity contribution in [1.29, 1.82) is 0 Å². The van der Waals surface area contributed by atoms with Gasteiger partial charge >= 0.3 is 23.9 Å². The average Bonchev–Trinajstić information content (AvgIpc) is 3.94. The molecule has 0 aliphatic carbocycles. The summed E-state index contributed by atoms with van der Waals surface area (Å²) in [6.45, 7) is 18.3. The van der Waals surface area contributed by atoms with Crippen LogP contribution in [-0.4, -0.2) is 97.1 Å². The zero-order valence-electron chi connectivity index (χ0n) is 34.3. The standard InChI is InChI=1S/2C22H30O6/c1-21(2,11-9-17-13-25-17)27-19(23)15-5-7-16(8-6-15)20(24)28-22(3,4)12-10-18-14-26-18;1-21(2,10-8-17-13-25-17)27-19(23)15-6-5-7-16(12-15)20(24)28-22(3,4)11-9-18-14-26-18/h5-8,17-18H,9-14H2,1-4H3;5-7,12,17-18H,8-11,13-14H2,1-4H3. The number of rotatable bonds is 20. The molecule has 0 amide bonds. The maximum Gasteiger partial charge on any atom is 0.338 e. The zero-order chi connectivity index (χ0) is 40.7. The third-order valence-electron chi connectivity index (χ3n) is 10.0. The maximum absolute atomic E-state index is 12.5. The van der Waals surface area contributed by atoms with Crippen LogP contribution in [0.2, 0.25) is 0 Å². The molecule has 4 fully saturated rings. The Morgan fingerprint density at radius 3 is 0.911 bits per heavy atom. The van der Waals surface area contributed by atoms with Gasteiger partial charge in [0.25, 0.3) is 0 Å². The van der Waals surface area contributed by atoms with E-state index in [1.165, 1.54) is 6.07 Å². The van der Waals surface area contributed by atoms with Crippen LogP contribution in [0, 0.1) is 0 Å². The molecule has 56 heavy (non-hydrogen) atoms. The number of carbonyl (C=O) groups is 4. The Morgan fingerprint density at radius 2 is 0.679 bits per heavy atom. The Hall–Kier alpha value is -3.84. The predicted octanol–water partition coefficient (Wildman–Crippen LogP) is 7.83. The van der Waals surface area contributed by atoms with Crippen molar-refractivity contribution < 1.29 is 57.1 Å². The van der Waals surface area contributed by atoms with Gasteiger partial charge in [0.15, 0.2) is 0 Å². The van der Waals surface area contributed by atoms with Gasteiger partial charge in [-0.3, -0.25) is 0 Å². The Bertz CT molecular complexity index is 1540. The van der Waals surface area contributed by atoms with Gasteiger partial charge < -0.3 is 37.9 Å². The molecule has 0 radical (unpaired) electrons. The number of epoxide rings is 4. The highest BCUT2D eigenvalue weighted by molar-refractivity contribution is 5.95. The number of hydrogen-bond donors (Lipinski definition) is 0. The summed E-state index contributed by atoms with van der Waals surface area (Å²) in [7, 11) is 0. The van der Waals surface area contributed by atoms with E-state index >= 15 is 0 Å². The second-order valence-electron chi connectivity index (χ2n) is 17.7. The molecule has 308 valence electrons. The van der Waals surface area contributed by atoms with Gasteiger partial charge in [0.1, 0.15) is 22.4 Å². The molecule has 0 aromatic heterocycles. The topological polar surface area (TPSA) is 155 Å². The lowest BCUT2D eigenvalue weighted by Crippen LogP contribution is -2.29. The van der Waals surface area contributed by atoms with Crippen molar-refractivity contribution >= 4 is 23.9 Å². The van der Waals surface area contributed by atoms with Crippen LogP contribution >= 0.6 is 0 Å². The fourth-order valence-corrected chi connectivity index (χ4v) is 5.93. The van der Waals surface area contributed by atoms with E-state index in [2.05, 4.69) is 0 Å². The first-order valence-corrected chi connectivity index (χ1v) is 19.9. The van der Waals surface area contributed by atoms with Crippen molar-refractivity contribution in [3.63, 3.8) is 0 Å². The molecule has 0 spiro atoms. The summed E-state index contributed by atoms with van der Waals surface area (Å²) in [5.74, 6) is -1.68. The van der Waals surface area contributed by atoms with Gasteiger partial charge in [0.05, 0.1) is 73.1 Å². The summed E-state index contributed by atoms with van der Waals surface area (Å²) >= 11 is 0. The molecule has 12 heteroatoms. The Morgan fingerprint density at radius 1 is 0.446 bits per heavy atom. The van der Waals surface area contributed by atoms with Crippen LogP contribution in [-0.2, 0) is 37.9 Å². The van der Waals surface area contributed by atoms with E-state index in [1.807, 2.05) is 55.4 Å². The van der Waals surface area contributed by atoms with Crippen LogP contribution in [0.4, 0.5) is 0 Å². The predicted molar refractivity (Wildman–Crippen MR) is 207 cm³/mol. The Labute approximate surface area is 331 Å².